The molecule has 0 aliphatic carbocycles. The summed E-state index contributed by atoms with van der Waals surface area (Å²) in [6.07, 6.45) is 0.875. The Hall–Kier alpha value is -1.96. The monoisotopic (exact) mass is 287 g/mol. The van der Waals surface area contributed by atoms with Crippen LogP contribution in [0.5, 0.6) is 0 Å². The highest BCUT2D eigenvalue weighted by Gasteiger charge is 2.16. The summed E-state index contributed by atoms with van der Waals surface area (Å²) in [7, 11) is -2.30. The van der Waals surface area contributed by atoms with Crippen LogP contribution < -0.4 is 0 Å². The van der Waals surface area contributed by atoms with Gasteiger partial charge in [0.2, 0.25) is 0 Å². The van der Waals surface area contributed by atoms with Gasteiger partial charge in [-0.3, -0.25) is 9.78 Å². The van der Waals surface area contributed by atoms with Crippen LogP contribution in [-0.2, 0) is 25.1 Å². The van der Waals surface area contributed by atoms with Gasteiger partial charge in [0.1, 0.15) is 0 Å². The maximum atomic E-state index is 11.7. The standard InChI is InChI=1S/C11H13NO6S/c1-18-10(13)4-5-19(16,17)7-9-3-2-8(6-12-9)11(14)15/h2-3,6H,4-5,7H2,1H3,(H,14,15). The molecule has 0 radical (unpaired) electrons. The summed E-state index contributed by atoms with van der Waals surface area (Å²) < 4.78 is 27.7. The molecular weight excluding hydrogens is 274 g/mol. The Morgan fingerprint density at radius 3 is 2.53 bits per heavy atom. The van der Waals surface area contributed by atoms with Crippen LogP contribution in [0.2, 0.25) is 0 Å². The molecule has 0 saturated carbocycles. The lowest BCUT2D eigenvalue weighted by Gasteiger charge is -2.03. The number of carbonyl (C=O) groups is 2. The van der Waals surface area contributed by atoms with Crippen LogP contribution >= 0.6 is 0 Å². The Morgan fingerprint density at radius 2 is 2.05 bits per heavy atom. The molecule has 1 rings (SSSR count). The van der Waals surface area contributed by atoms with E-state index in [4.69, 9.17) is 5.11 Å². The first-order valence-electron chi connectivity index (χ1n) is 5.29. The average Bonchev–Trinajstić information content (AvgIpc) is 2.36. The average molecular weight is 287 g/mol. The number of carboxylic acids is 1. The van der Waals surface area contributed by atoms with Crippen molar-refractivity contribution in [3.05, 3.63) is 29.6 Å². The van der Waals surface area contributed by atoms with Crippen LogP contribution in [0.1, 0.15) is 22.5 Å². The number of esters is 1. The molecule has 7 nitrogen and oxygen atoms in total. The van der Waals surface area contributed by atoms with Crippen molar-refractivity contribution in [3.8, 4) is 0 Å². The summed E-state index contributed by atoms with van der Waals surface area (Å²) in [5, 5.41) is 8.67. The van der Waals surface area contributed by atoms with E-state index in [-0.39, 0.29) is 29.2 Å². The summed E-state index contributed by atoms with van der Waals surface area (Å²) in [5.41, 5.74) is 0.213. The van der Waals surface area contributed by atoms with Crippen LogP contribution in [0.25, 0.3) is 0 Å². The van der Waals surface area contributed by atoms with Gasteiger partial charge in [-0.15, -0.1) is 0 Å². The van der Waals surface area contributed by atoms with Crippen molar-refractivity contribution in [2.75, 3.05) is 12.9 Å². The number of pyridine rings is 1. The number of hydrogen-bond acceptors (Lipinski definition) is 6. The van der Waals surface area contributed by atoms with Gasteiger partial charge >= 0.3 is 11.9 Å². The van der Waals surface area contributed by atoms with Crippen molar-refractivity contribution in [2.45, 2.75) is 12.2 Å². The Bertz CT molecular complexity index is 563. The zero-order chi connectivity index (χ0) is 14.5. The molecule has 8 heteroatoms. The van der Waals surface area contributed by atoms with Gasteiger partial charge in [0.25, 0.3) is 0 Å². The molecule has 0 atom stereocenters. The largest absolute Gasteiger partial charge is 0.478 e. The minimum absolute atomic E-state index is 0.0179. The van der Waals surface area contributed by atoms with Gasteiger partial charge in [0.15, 0.2) is 9.84 Å². The van der Waals surface area contributed by atoms with Crippen molar-refractivity contribution in [1.82, 2.24) is 4.98 Å². The highest BCUT2D eigenvalue weighted by atomic mass is 32.2. The highest BCUT2D eigenvalue weighted by Crippen LogP contribution is 2.07. The van der Waals surface area contributed by atoms with E-state index in [2.05, 4.69) is 9.72 Å². The zero-order valence-electron chi connectivity index (χ0n) is 10.2. The van der Waals surface area contributed by atoms with Gasteiger partial charge in [-0.2, -0.15) is 0 Å². The lowest BCUT2D eigenvalue weighted by Crippen LogP contribution is -2.14. The second-order valence-electron chi connectivity index (χ2n) is 3.76. The minimum Gasteiger partial charge on any atom is -0.478 e. The van der Waals surface area contributed by atoms with E-state index in [1.807, 2.05) is 0 Å². The van der Waals surface area contributed by atoms with E-state index in [9.17, 15) is 18.0 Å². The fourth-order valence-electron chi connectivity index (χ4n) is 1.27. The lowest BCUT2D eigenvalue weighted by molar-refractivity contribution is -0.140. The molecule has 0 aliphatic rings. The van der Waals surface area contributed by atoms with E-state index < -0.39 is 21.8 Å². The van der Waals surface area contributed by atoms with Crippen LogP contribution in [0, 0.1) is 0 Å². The van der Waals surface area contributed by atoms with Gasteiger partial charge in [-0.1, -0.05) is 0 Å². The molecule has 0 aromatic carbocycles. The second kappa shape index (κ2) is 6.28. The van der Waals surface area contributed by atoms with Crippen molar-refractivity contribution in [1.29, 1.82) is 0 Å². The third-order valence-electron chi connectivity index (χ3n) is 2.28. The normalized spacial score (nSPS) is 11.0. The molecular formula is C11H13NO6S. The van der Waals surface area contributed by atoms with Crippen molar-refractivity contribution in [3.63, 3.8) is 0 Å². The molecule has 104 valence electrons. The number of carboxylic acid groups (broad SMARTS) is 1. The van der Waals surface area contributed by atoms with Crippen LogP contribution in [-0.4, -0.2) is 43.3 Å². The van der Waals surface area contributed by atoms with Gasteiger partial charge in [-0.05, 0) is 12.1 Å². The summed E-state index contributed by atoms with van der Waals surface area (Å²) in [6, 6.07) is 2.61. The summed E-state index contributed by atoms with van der Waals surface area (Å²) in [6.45, 7) is 0. The van der Waals surface area contributed by atoms with E-state index in [1.165, 1.54) is 19.2 Å². The molecule has 0 unspecified atom stereocenters. The number of nitrogens with zero attached hydrogens (tertiary/aromatic N) is 1. The topological polar surface area (TPSA) is 111 Å². The third kappa shape index (κ3) is 5.04. The van der Waals surface area contributed by atoms with Crippen molar-refractivity contribution >= 4 is 21.8 Å². The Balaban J connectivity index is 2.67. The first kappa shape index (κ1) is 15.1. The van der Waals surface area contributed by atoms with Crippen LogP contribution in [0.3, 0.4) is 0 Å². The van der Waals surface area contributed by atoms with Gasteiger partial charge in [-0.25, -0.2) is 13.2 Å². The molecule has 0 spiro atoms. The van der Waals surface area contributed by atoms with E-state index in [0.29, 0.717) is 0 Å². The number of hydrogen-bond donors (Lipinski definition) is 1. The highest BCUT2D eigenvalue weighted by molar-refractivity contribution is 7.90. The van der Waals surface area contributed by atoms with Gasteiger partial charge in [0.05, 0.1) is 36.3 Å². The van der Waals surface area contributed by atoms with Crippen LogP contribution in [0.4, 0.5) is 0 Å². The predicted molar refractivity (Wildman–Crippen MR) is 65.3 cm³/mol. The number of ether oxygens (including phenoxy) is 1. The fourth-order valence-corrected chi connectivity index (χ4v) is 2.52. The quantitative estimate of drug-likeness (QED) is 0.747. The number of aromatic nitrogens is 1. The molecule has 0 amide bonds. The molecule has 1 aromatic rings. The number of sulfone groups is 1. The molecule has 1 N–H and O–H groups in total. The third-order valence-corrected chi connectivity index (χ3v) is 3.85. The Kier molecular flexibility index (Phi) is 4.99. The zero-order valence-corrected chi connectivity index (χ0v) is 11.0. The molecule has 1 aromatic heterocycles. The summed E-state index contributed by atoms with van der Waals surface area (Å²) in [4.78, 5) is 25.2. The Labute approximate surface area is 110 Å². The maximum absolute atomic E-state index is 11.7. The molecule has 0 fully saturated rings. The smallest absolute Gasteiger partial charge is 0.337 e. The molecule has 0 bridgehead atoms. The molecule has 19 heavy (non-hydrogen) atoms. The first-order chi connectivity index (χ1) is 8.84. The van der Waals surface area contributed by atoms with Gasteiger partial charge < -0.3 is 9.84 Å². The first-order valence-corrected chi connectivity index (χ1v) is 7.11. The van der Waals surface area contributed by atoms with E-state index >= 15 is 0 Å². The summed E-state index contributed by atoms with van der Waals surface area (Å²) >= 11 is 0. The molecule has 0 aliphatic heterocycles. The van der Waals surface area contributed by atoms with Gasteiger partial charge in [0, 0.05) is 6.20 Å². The number of methoxy groups -OCH3 is 1. The second-order valence-corrected chi connectivity index (χ2v) is 5.95. The van der Waals surface area contributed by atoms with Crippen LogP contribution in [0.15, 0.2) is 18.3 Å². The Morgan fingerprint density at radius 1 is 1.37 bits per heavy atom. The number of rotatable bonds is 6. The maximum Gasteiger partial charge on any atom is 0.337 e. The van der Waals surface area contributed by atoms with Crippen molar-refractivity contribution in [2.24, 2.45) is 0 Å². The van der Waals surface area contributed by atoms with Crippen molar-refractivity contribution < 1.29 is 27.9 Å². The molecule has 0 saturated heterocycles. The summed E-state index contributed by atoms with van der Waals surface area (Å²) in [5.74, 6) is -2.41. The minimum atomic E-state index is -3.48. The SMILES string of the molecule is COC(=O)CCS(=O)(=O)Cc1ccc(C(=O)O)cn1. The number of aromatic carboxylic acids is 1. The van der Waals surface area contributed by atoms with E-state index in [0.717, 1.165) is 6.20 Å². The lowest BCUT2D eigenvalue weighted by atomic mass is 10.2. The predicted octanol–water partition coefficient (Wildman–Crippen LogP) is 0.258. The molecule has 1 heterocycles. The number of carbonyl (C=O) groups excluding carboxylic acids is 1. The fraction of sp³-hybridized carbons (Fsp3) is 0.364. The van der Waals surface area contributed by atoms with E-state index in [1.54, 1.807) is 0 Å².